The van der Waals surface area contributed by atoms with Gasteiger partial charge in [0, 0.05) is 21.7 Å². The number of fused-ring (bicyclic) bond motifs is 1. The first kappa shape index (κ1) is 18.7. The van der Waals surface area contributed by atoms with E-state index in [4.69, 9.17) is 21.4 Å². The van der Waals surface area contributed by atoms with Gasteiger partial charge in [0.25, 0.3) is 0 Å². The van der Waals surface area contributed by atoms with Gasteiger partial charge in [0.1, 0.15) is 5.75 Å². The third-order valence-electron chi connectivity index (χ3n) is 4.16. The van der Waals surface area contributed by atoms with Crippen molar-refractivity contribution in [2.75, 3.05) is 5.32 Å². The molecule has 0 bridgehead atoms. The fraction of sp³-hybridized carbons (Fsp3) is 0.150. The largest absolute Gasteiger partial charge is 0.511 e. The molecule has 0 radical (unpaired) electrons. The first-order chi connectivity index (χ1) is 12.9. The number of anilines is 1. The van der Waals surface area contributed by atoms with Gasteiger partial charge in [0.05, 0.1) is 11.9 Å². The molecule has 0 spiro atoms. The van der Waals surface area contributed by atoms with Crippen LogP contribution in [0, 0.1) is 6.92 Å². The average Bonchev–Trinajstić information content (AvgIpc) is 2.64. The maximum atomic E-state index is 10.7. The minimum absolute atomic E-state index is 0.151. The molecule has 0 saturated heterocycles. The smallest absolute Gasteiger partial charge is 0.504 e. The molecule has 0 amide bonds. The van der Waals surface area contributed by atoms with Gasteiger partial charge in [-0.25, -0.2) is 4.79 Å². The molecule has 0 aromatic heterocycles. The Bertz CT molecular complexity index is 1060. The van der Waals surface area contributed by atoms with Crippen molar-refractivity contribution in [2.24, 2.45) is 0 Å². The highest BCUT2D eigenvalue weighted by molar-refractivity contribution is 6.31. The van der Waals surface area contributed by atoms with E-state index in [0.29, 0.717) is 28.1 Å². The summed E-state index contributed by atoms with van der Waals surface area (Å²) in [7, 11) is 0. The van der Waals surface area contributed by atoms with Gasteiger partial charge in [-0.2, -0.15) is 0 Å². The molecule has 27 heavy (non-hydrogen) atoms. The molecule has 0 aliphatic carbocycles. The topological polar surface area (TPSA) is 88.0 Å². The summed E-state index contributed by atoms with van der Waals surface area (Å²) in [5.41, 5.74) is 2.45. The molecule has 0 saturated carbocycles. The Labute approximate surface area is 160 Å². The summed E-state index contributed by atoms with van der Waals surface area (Å²) in [5.74, 6) is 0.277. The van der Waals surface area contributed by atoms with Crippen molar-refractivity contribution in [3.8, 4) is 5.75 Å². The van der Waals surface area contributed by atoms with E-state index in [1.54, 1.807) is 24.5 Å². The summed E-state index contributed by atoms with van der Waals surface area (Å²) in [6, 6.07) is 9.00. The number of hydrogen-bond donors (Lipinski definition) is 3. The lowest BCUT2D eigenvalue weighted by Crippen LogP contribution is -2.25. The summed E-state index contributed by atoms with van der Waals surface area (Å²) >= 11 is 6.03. The van der Waals surface area contributed by atoms with Gasteiger partial charge < -0.3 is 25.0 Å². The average molecular weight is 388 g/mol. The molecule has 1 aliphatic rings. The van der Waals surface area contributed by atoms with Crippen molar-refractivity contribution < 1.29 is 24.5 Å². The van der Waals surface area contributed by atoms with Crippen LogP contribution < -0.4 is 20.5 Å². The molecule has 1 heterocycles. The number of rotatable bonds is 4. The van der Waals surface area contributed by atoms with Crippen LogP contribution in [-0.2, 0) is 11.2 Å². The highest BCUT2D eigenvalue weighted by atomic mass is 35.5. The molecule has 2 aromatic carbocycles. The van der Waals surface area contributed by atoms with Gasteiger partial charge in [-0.3, -0.25) is 0 Å². The van der Waals surface area contributed by atoms with Gasteiger partial charge in [-0.05, 0) is 54.8 Å². The first-order valence-corrected chi connectivity index (χ1v) is 8.64. The number of aliphatic hydroxyl groups is 1. The second-order valence-electron chi connectivity index (χ2n) is 5.97. The van der Waals surface area contributed by atoms with Crippen LogP contribution in [0.1, 0.15) is 18.1 Å². The molecule has 0 fully saturated rings. The summed E-state index contributed by atoms with van der Waals surface area (Å²) in [6.07, 6.45) is 2.12. The number of aryl methyl sites for hydroxylation is 2. The molecular weight excluding hydrogens is 370 g/mol. The molecule has 0 unspecified atom stereocenters. The summed E-state index contributed by atoms with van der Waals surface area (Å²) in [4.78, 5) is 10.7. The van der Waals surface area contributed by atoms with Crippen molar-refractivity contribution >= 4 is 35.5 Å². The van der Waals surface area contributed by atoms with Gasteiger partial charge in [-0.1, -0.05) is 18.5 Å². The van der Waals surface area contributed by atoms with E-state index in [9.17, 15) is 9.90 Å². The van der Waals surface area contributed by atoms with Crippen LogP contribution in [0.25, 0.3) is 12.0 Å². The van der Waals surface area contributed by atoms with Crippen LogP contribution in [0.3, 0.4) is 0 Å². The zero-order chi connectivity index (χ0) is 19.6. The number of nitrogens with one attached hydrogen (secondary N) is 1. The van der Waals surface area contributed by atoms with Crippen LogP contribution >= 0.6 is 11.6 Å². The molecule has 3 rings (SSSR count). The molecule has 0 atom stereocenters. The minimum Gasteiger partial charge on any atom is -0.504 e. The monoisotopic (exact) mass is 387 g/mol. The van der Waals surface area contributed by atoms with E-state index in [1.807, 2.05) is 26.0 Å². The van der Waals surface area contributed by atoms with Gasteiger partial charge in [0.15, 0.2) is 11.5 Å². The predicted octanol–water partition coefficient (Wildman–Crippen LogP) is 3.66. The van der Waals surface area contributed by atoms with Crippen LogP contribution in [0.4, 0.5) is 10.5 Å². The summed E-state index contributed by atoms with van der Waals surface area (Å²) in [6.45, 7) is 3.88. The maximum absolute atomic E-state index is 10.7. The van der Waals surface area contributed by atoms with E-state index in [-0.39, 0.29) is 11.5 Å². The number of carbonyl (C=O) groups is 1. The van der Waals surface area contributed by atoms with Crippen molar-refractivity contribution in [1.82, 2.24) is 0 Å². The molecule has 3 N–H and O–H groups in total. The maximum Gasteiger partial charge on any atom is 0.511 e. The minimum atomic E-state index is -1.50. The van der Waals surface area contributed by atoms with Crippen LogP contribution in [0.5, 0.6) is 5.75 Å². The number of benzene rings is 2. The first-order valence-electron chi connectivity index (χ1n) is 8.26. The number of ether oxygens (including phenoxy) is 2. The van der Waals surface area contributed by atoms with Crippen molar-refractivity contribution in [2.45, 2.75) is 20.3 Å². The Morgan fingerprint density at radius 3 is 2.74 bits per heavy atom. The van der Waals surface area contributed by atoms with Crippen LogP contribution in [0.2, 0.25) is 5.02 Å². The van der Waals surface area contributed by atoms with Gasteiger partial charge in [-0.15, -0.1) is 0 Å². The lowest BCUT2D eigenvalue weighted by molar-refractivity contribution is 0.119. The second kappa shape index (κ2) is 7.63. The Balaban J connectivity index is 2.01. The van der Waals surface area contributed by atoms with E-state index in [1.165, 1.54) is 6.20 Å². The number of carboxylic acid groups (broad SMARTS) is 1. The van der Waals surface area contributed by atoms with Crippen molar-refractivity contribution in [3.05, 3.63) is 68.9 Å². The molecule has 2 aromatic rings. The third kappa shape index (κ3) is 4.01. The Kier molecular flexibility index (Phi) is 5.28. The highest BCUT2D eigenvalue weighted by Crippen LogP contribution is 2.21. The summed E-state index contributed by atoms with van der Waals surface area (Å²) < 4.78 is 10.3. The third-order valence-corrected chi connectivity index (χ3v) is 4.58. The molecule has 7 heteroatoms. The van der Waals surface area contributed by atoms with Crippen molar-refractivity contribution in [3.63, 3.8) is 0 Å². The number of hydrogen-bond acceptors (Lipinski definition) is 5. The van der Waals surface area contributed by atoms with Crippen LogP contribution in [-0.4, -0.2) is 16.4 Å². The molecule has 1 aliphatic heterocycles. The van der Waals surface area contributed by atoms with Crippen LogP contribution in [0.15, 0.2) is 42.3 Å². The van der Waals surface area contributed by atoms with E-state index >= 15 is 0 Å². The summed E-state index contributed by atoms with van der Waals surface area (Å²) in [5, 5.41) is 24.0. The lowest BCUT2D eigenvalue weighted by atomic mass is 10.0. The van der Waals surface area contributed by atoms with Crippen molar-refractivity contribution in [1.29, 1.82) is 0 Å². The molecule has 6 nitrogen and oxygen atoms in total. The van der Waals surface area contributed by atoms with Gasteiger partial charge >= 0.3 is 6.16 Å². The Hall–Kier alpha value is -3.12. The Morgan fingerprint density at radius 2 is 2.07 bits per heavy atom. The van der Waals surface area contributed by atoms with E-state index in [2.05, 4.69) is 10.1 Å². The molecule has 140 valence electrons. The zero-order valence-electron chi connectivity index (χ0n) is 14.7. The zero-order valence-corrected chi connectivity index (χ0v) is 15.5. The number of halogens is 1. The molecular formula is C20H18ClNO5. The standard InChI is InChI=1S/C20H18ClNO5/c1-3-12-7-15-17(22-9-18(19(15)23)27-20(24)25)8-13(12)10-26-14-4-5-16(21)11(2)6-14/h4-10,22-23H,3H2,1-2H3,(H,24,25). The highest BCUT2D eigenvalue weighted by Gasteiger charge is 2.17. The van der Waals surface area contributed by atoms with E-state index in [0.717, 1.165) is 16.3 Å². The van der Waals surface area contributed by atoms with Gasteiger partial charge in [0.2, 0.25) is 0 Å². The SMILES string of the molecule is CCc1cc2c(cc1=COc1ccc(Cl)c(C)c1)NC=C(OC(=O)O)C=2O. The fourth-order valence-electron chi connectivity index (χ4n) is 2.73. The Morgan fingerprint density at radius 1 is 1.30 bits per heavy atom. The predicted molar refractivity (Wildman–Crippen MR) is 103 cm³/mol. The normalized spacial score (nSPS) is 13.5. The lowest BCUT2D eigenvalue weighted by Gasteiger charge is -2.15. The van der Waals surface area contributed by atoms with E-state index < -0.39 is 6.16 Å². The quantitative estimate of drug-likeness (QED) is 0.694. The fourth-order valence-corrected chi connectivity index (χ4v) is 2.85. The number of aliphatic hydroxyl groups excluding tert-OH is 1. The second-order valence-corrected chi connectivity index (χ2v) is 6.37.